The highest BCUT2D eigenvalue weighted by molar-refractivity contribution is 9.10. The van der Waals surface area contributed by atoms with Crippen LogP contribution in [0.4, 0.5) is 0 Å². The smallest absolute Gasteiger partial charge is 0.241 e. The largest absolute Gasteiger partial charge is 0.295 e. The molecule has 0 aromatic heterocycles. The summed E-state index contributed by atoms with van der Waals surface area (Å²) in [5.74, 6) is -1.56. The fourth-order valence-corrected chi connectivity index (χ4v) is 3.35. The summed E-state index contributed by atoms with van der Waals surface area (Å²) in [6, 6.07) is 2.97. The highest BCUT2D eigenvalue weighted by Crippen LogP contribution is 2.40. The molecular weight excluding hydrogens is 352 g/mol. The first-order valence-corrected chi connectivity index (χ1v) is 6.60. The third kappa shape index (κ3) is 2.32. The van der Waals surface area contributed by atoms with Gasteiger partial charge in [-0.15, -0.1) is 0 Å². The number of amides is 2. The van der Waals surface area contributed by atoms with E-state index in [0.717, 1.165) is 0 Å². The van der Waals surface area contributed by atoms with Gasteiger partial charge < -0.3 is 0 Å². The summed E-state index contributed by atoms with van der Waals surface area (Å²) in [4.78, 5) is 22.4. The summed E-state index contributed by atoms with van der Waals surface area (Å²) in [5, 5.41) is 3.11. The van der Waals surface area contributed by atoms with Crippen LogP contribution in [0.15, 0.2) is 12.1 Å². The number of hydrogen-bond acceptors (Lipinski definition) is 2. The molecule has 1 fully saturated rings. The summed E-state index contributed by atoms with van der Waals surface area (Å²) in [5.41, 5.74) is 0.406. The fraction of sp³-hybridized carbons (Fsp3) is 0.200. The number of halogens is 4. The zero-order chi connectivity index (χ0) is 12.7. The SMILES string of the molecule is O=C1NC(=O)C(c2c(Cl)cc(Cl)cc2Cl)C1Br. The number of imide groups is 1. The number of carbonyl (C=O) groups excluding carboxylic acids is 2. The van der Waals surface area contributed by atoms with Crippen LogP contribution in [0.5, 0.6) is 0 Å². The van der Waals surface area contributed by atoms with Crippen LogP contribution in [0.25, 0.3) is 0 Å². The molecule has 2 unspecified atom stereocenters. The highest BCUT2D eigenvalue weighted by atomic mass is 79.9. The minimum absolute atomic E-state index is 0.266. The minimum atomic E-state index is -0.736. The van der Waals surface area contributed by atoms with Crippen molar-refractivity contribution in [3.8, 4) is 0 Å². The molecule has 1 aliphatic heterocycles. The number of rotatable bonds is 1. The Morgan fingerprint density at radius 2 is 1.59 bits per heavy atom. The molecule has 17 heavy (non-hydrogen) atoms. The lowest BCUT2D eigenvalue weighted by molar-refractivity contribution is -0.125. The van der Waals surface area contributed by atoms with E-state index in [2.05, 4.69) is 21.2 Å². The van der Waals surface area contributed by atoms with E-state index >= 15 is 0 Å². The fourth-order valence-electron chi connectivity index (χ4n) is 1.68. The van der Waals surface area contributed by atoms with Gasteiger partial charge in [0, 0.05) is 20.6 Å². The lowest BCUT2D eigenvalue weighted by atomic mass is 9.97. The molecule has 90 valence electrons. The highest BCUT2D eigenvalue weighted by Gasteiger charge is 2.42. The van der Waals surface area contributed by atoms with Gasteiger partial charge in [-0.3, -0.25) is 14.9 Å². The molecular formula is C10H5BrCl3NO2. The van der Waals surface area contributed by atoms with Crippen molar-refractivity contribution in [2.75, 3.05) is 0 Å². The van der Waals surface area contributed by atoms with Gasteiger partial charge >= 0.3 is 0 Å². The van der Waals surface area contributed by atoms with Crippen molar-refractivity contribution in [3.05, 3.63) is 32.8 Å². The zero-order valence-electron chi connectivity index (χ0n) is 8.14. The lowest BCUT2D eigenvalue weighted by Crippen LogP contribution is -2.22. The average molecular weight is 357 g/mol. The number of alkyl halides is 1. The van der Waals surface area contributed by atoms with E-state index in [0.29, 0.717) is 10.6 Å². The first-order valence-electron chi connectivity index (χ1n) is 4.55. The van der Waals surface area contributed by atoms with Crippen LogP contribution in [0.1, 0.15) is 11.5 Å². The first kappa shape index (κ1) is 13.1. The van der Waals surface area contributed by atoms with Crippen LogP contribution in [0.2, 0.25) is 15.1 Å². The van der Waals surface area contributed by atoms with Crippen LogP contribution in [0, 0.1) is 0 Å². The summed E-state index contributed by atoms with van der Waals surface area (Å²) in [6.45, 7) is 0. The molecule has 1 aromatic rings. The molecule has 1 heterocycles. The average Bonchev–Trinajstić information content (AvgIpc) is 2.43. The Labute approximate surface area is 121 Å². The molecule has 1 aliphatic rings. The monoisotopic (exact) mass is 355 g/mol. The van der Waals surface area contributed by atoms with E-state index in [-0.39, 0.29) is 10.0 Å². The molecule has 0 bridgehead atoms. The second-order valence-corrected chi connectivity index (χ2v) is 5.75. The van der Waals surface area contributed by atoms with Crippen LogP contribution in [-0.2, 0) is 9.59 Å². The van der Waals surface area contributed by atoms with E-state index in [1.165, 1.54) is 12.1 Å². The Bertz CT molecular complexity index is 497. The molecule has 0 saturated carbocycles. The maximum atomic E-state index is 11.7. The summed E-state index contributed by atoms with van der Waals surface area (Å²) < 4.78 is 0. The number of hydrogen-bond donors (Lipinski definition) is 1. The van der Waals surface area contributed by atoms with Gasteiger partial charge in [0.05, 0.1) is 5.92 Å². The molecule has 0 radical (unpaired) electrons. The van der Waals surface area contributed by atoms with Crippen molar-refractivity contribution in [2.24, 2.45) is 0 Å². The Morgan fingerprint density at radius 1 is 1.06 bits per heavy atom. The number of benzene rings is 1. The van der Waals surface area contributed by atoms with Crippen molar-refractivity contribution < 1.29 is 9.59 Å². The first-order chi connectivity index (χ1) is 7.91. The topological polar surface area (TPSA) is 46.2 Å². The van der Waals surface area contributed by atoms with Gasteiger partial charge in [-0.2, -0.15) is 0 Å². The third-order valence-corrected chi connectivity index (χ3v) is 4.21. The second-order valence-electron chi connectivity index (χ2n) is 3.52. The third-order valence-electron chi connectivity index (χ3n) is 2.43. The van der Waals surface area contributed by atoms with E-state index in [4.69, 9.17) is 34.8 Å². The van der Waals surface area contributed by atoms with Crippen molar-refractivity contribution in [1.29, 1.82) is 0 Å². The maximum Gasteiger partial charge on any atom is 0.241 e. The molecule has 2 atom stereocenters. The molecule has 7 heteroatoms. The molecule has 0 aliphatic carbocycles. The molecule has 2 rings (SSSR count). The van der Waals surface area contributed by atoms with E-state index in [1.807, 2.05) is 0 Å². The normalized spacial score (nSPS) is 24.0. The van der Waals surface area contributed by atoms with Gasteiger partial charge in [-0.1, -0.05) is 50.7 Å². The molecule has 2 amide bonds. The lowest BCUT2D eigenvalue weighted by Gasteiger charge is -2.14. The van der Waals surface area contributed by atoms with Crippen molar-refractivity contribution >= 4 is 62.5 Å². The van der Waals surface area contributed by atoms with Gasteiger partial charge in [0.25, 0.3) is 0 Å². The van der Waals surface area contributed by atoms with Crippen LogP contribution >= 0.6 is 50.7 Å². The van der Waals surface area contributed by atoms with Gasteiger partial charge in [-0.25, -0.2) is 0 Å². The predicted octanol–water partition coefficient (Wildman–Crippen LogP) is 3.15. The Balaban J connectivity index is 2.54. The van der Waals surface area contributed by atoms with Gasteiger partial charge in [0.15, 0.2) is 0 Å². The van der Waals surface area contributed by atoms with Crippen molar-refractivity contribution in [1.82, 2.24) is 5.32 Å². The van der Waals surface area contributed by atoms with E-state index < -0.39 is 22.6 Å². The molecule has 0 spiro atoms. The maximum absolute atomic E-state index is 11.7. The van der Waals surface area contributed by atoms with E-state index in [1.54, 1.807) is 0 Å². The standard InChI is InChI=1S/C10H5BrCl3NO2/c11-8-7(9(16)15-10(8)17)6-4(13)1-3(12)2-5(6)14/h1-2,7-8H,(H,15,16,17). The Morgan fingerprint density at radius 3 is 2.00 bits per heavy atom. The van der Waals surface area contributed by atoms with Crippen molar-refractivity contribution in [3.63, 3.8) is 0 Å². The second kappa shape index (κ2) is 4.76. The molecule has 1 N–H and O–H groups in total. The van der Waals surface area contributed by atoms with E-state index in [9.17, 15) is 9.59 Å². The van der Waals surface area contributed by atoms with Crippen LogP contribution < -0.4 is 5.32 Å². The predicted molar refractivity (Wildman–Crippen MR) is 70.1 cm³/mol. The minimum Gasteiger partial charge on any atom is -0.295 e. The zero-order valence-corrected chi connectivity index (χ0v) is 12.0. The molecule has 3 nitrogen and oxygen atoms in total. The Hall–Kier alpha value is -0.290. The van der Waals surface area contributed by atoms with Gasteiger partial charge in [-0.05, 0) is 12.1 Å². The molecule has 1 aromatic carbocycles. The number of nitrogens with one attached hydrogen (secondary N) is 1. The van der Waals surface area contributed by atoms with Gasteiger partial charge in [0.2, 0.25) is 11.8 Å². The summed E-state index contributed by atoms with van der Waals surface area (Å²) >= 11 is 21.0. The summed E-state index contributed by atoms with van der Waals surface area (Å²) in [6.07, 6.45) is 0. The summed E-state index contributed by atoms with van der Waals surface area (Å²) in [7, 11) is 0. The van der Waals surface area contributed by atoms with Crippen LogP contribution in [0.3, 0.4) is 0 Å². The van der Waals surface area contributed by atoms with Crippen LogP contribution in [-0.4, -0.2) is 16.6 Å². The molecule has 1 saturated heterocycles. The van der Waals surface area contributed by atoms with Gasteiger partial charge in [0.1, 0.15) is 4.83 Å². The van der Waals surface area contributed by atoms with Crippen molar-refractivity contribution in [2.45, 2.75) is 10.7 Å². The number of carbonyl (C=O) groups is 2. The Kier molecular flexibility index (Phi) is 3.69. The quantitative estimate of drug-likeness (QED) is 0.620.